The highest BCUT2D eigenvalue weighted by Gasteiger charge is 2.10. The first kappa shape index (κ1) is 10.5. The van der Waals surface area contributed by atoms with Crippen LogP contribution in [-0.4, -0.2) is 16.8 Å². The van der Waals surface area contributed by atoms with Gasteiger partial charge in [0.1, 0.15) is 11.6 Å². The molecule has 2 rings (SSSR count). The SMILES string of the molecule is Fc1cc(OC(F)F)ccc1-c1cn[nH]c1. The van der Waals surface area contributed by atoms with Crippen LogP contribution in [-0.2, 0) is 0 Å². The molecule has 0 radical (unpaired) electrons. The number of ether oxygens (including phenoxy) is 1. The van der Waals surface area contributed by atoms with Crippen LogP contribution in [0.4, 0.5) is 13.2 Å². The molecule has 0 bridgehead atoms. The Hall–Kier alpha value is -1.98. The molecule has 2 aromatic rings. The Kier molecular flexibility index (Phi) is 2.80. The van der Waals surface area contributed by atoms with Crippen molar-refractivity contribution in [3.05, 3.63) is 36.4 Å². The zero-order valence-corrected chi connectivity index (χ0v) is 7.95. The summed E-state index contributed by atoms with van der Waals surface area (Å²) in [5, 5.41) is 6.20. The second-order valence-electron chi connectivity index (χ2n) is 3.01. The molecule has 3 nitrogen and oxygen atoms in total. The van der Waals surface area contributed by atoms with Gasteiger partial charge in [-0.05, 0) is 12.1 Å². The molecule has 0 saturated heterocycles. The Morgan fingerprint density at radius 1 is 1.31 bits per heavy atom. The lowest BCUT2D eigenvalue weighted by molar-refractivity contribution is -0.0499. The molecular weight excluding hydrogens is 221 g/mol. The highest BCUT2D eigenvalue weighted by Crippen LogP contribution is 2.25. The first-order valence-corrected chi connectivity index (χ1v) is 4.40. The molecule has 0 fully saturated rings. The van der Waals surface area contributed by atoms with Crippen LogP contribution in [0, 0.1) is 5.82 Å². The van der Waals surface area contributed by atoms with Crippen molar-refractivity contribution in [2.75, 3.05) is 0 Å². The molecule has 0 amide bonds. The van der Waals surface area contributed by atoms with Crippen LogP contribution in [0.2, 0.25) is 0 Å². The molecule has 1 N–H and O–H groups in total. The third-order valence-corrected chi connectivity index (χ3v) is 1.97. The molecule has 0 aliphatic carbocycles. The van der Waals surface area contributed by atoms with Crippen LogP contribution in [0.25, 0.3) is 11.1 Å². The molecular formula is C10H7F3N2O. The van der Waals surface area contributed by atoms with Gasteiger partial charge in [-0.3, -0.25) is 5.10 Å². The van der Waals surface area contributed by atoms with E-state index in [0.717, 1.165) is 6.07 Å². The predicted molar refractivity (Wildman–Crippen MR) is 50.6 cm³/mol. The van der Waals surface area contributed by atoms with Gasteiger partial charge in [-0.2, -0.15) is 13.9 Å². The number of aromatic amines is 1. The maximum atomic E-state index is 13.5. The lowest BCUT2D eigenvalue weighted by atomic mass is 10.1. The number of alkyl halides is 2. The molecule has 0 spiro atoms. The molecule has 16 heavy (non-hydrogen) atoms. The summed E-state index contributed by atoms with van der Waals surface area (Å²) in [5.41, 5.74) is 0.816. The fourth-order valence-electron chi connectivity index (χ4n) is 1.30. The van der Waals surface area contributed by atoms with E-state index in [-0.39, 0.29) is 11.3 Å². The zero-order chi connectivity index (χ0) is 11.5. The molecule has 84 valence electrons. The van der Waals surface area contributed by atoms with Gasteiger partial charge in [-0.1, -0.05) is 0 Å². The second-order valence-corrected chi connectivity index (χ2v) is 3.01. The molecule has 6 heteroatoms. The zero-order valence-electron chi connectivity index (χ0n) is 7.95. The number of nitrogens with zero attached hydrogens (tertiary/aromatic N) is 1. The molecule has 0 aliphatic heterocycles. The van der Waals surface area contributed by atoms with Crippen molar-refractivity contribution in [3.8, 4) is 16.9 Å². The lowest BCUT2D eigenvalue weighted by Gasteiger charge is -2.06. The summed E-state index contributed by atoms with van der Waals surface area (Å²) < 4.78 is 41.3. The second kappa shape index (κ2) is 4.26. The van der Waals surface area contributed by atoms with Gasteiger partial charge in [0.05, 0.1) is 6.20 Å². The fourth-order valence-corrected chi connectivity index (χ4v) is 1.30. The number of benzene rings is 1. The lowest BCUT2D eigenvalue weighted by Crippen LogP contribution is -2.02. The standard InChI is InChI=1S/C10H7F3N2O/c11-9-3-7(16-10(12)13)1-2-8(9)6-4-14-15-5-6/h1-5,10H,(H,14,15). The Labute approximate surface area is 88.9 Å². The fraction of sp³-hybridized carbons (Fsp3) is 0.100. The normalized spacial score (nSPS) is 10.8. The minimum absolute atomic E-state index is 0.209. The number of H-pyrrole nitrogens is 1. The molecule has 1 aromatic heterocycles. The van der Waals surface area contributed by atoms with E-state index < -0.39 is 12.4 Å². The summed E-state index contributed by atoms with van der Waals surface area (Å²) in [4.78, 5) is 0. The van der Waals surface area contributed by atoms with Gasteiger partial charge in [-0.25, -0.2) is 4.39 Å². The van der Waals surface area contributed by atoms with E-state index in [1.807, 2.05) is 0 Å². The smallest absolute Gasteiger partial charge is 0.387 e. The number of halogens is 3. The van der Waals surface area contributed by atoms with Crippen LogP contribution >= 0.6 is 0 Å². The van der Waals surface area contributed by atoms with Crippen molar-refractivity contribution in [2.24, 2.45) is 0 Å². The van der Waals surface area contributed by atoms with Gasteiger partial charge in [0, 0.05) is 23.4 Å². The van der Waals surface area contributed by atoms with Crippen LogP contribution in [0.15, 0.2) is 30.6 Å². The van der Waals surface area contributed by atoms with E-state index in [4.69, 9.17) is 0 Å². The topological polar surface area (TPSA) is 37.9 Å². The number of nitrogens with one attached hydrogen (secondary N) is 1. The summed E-state index contributed by atoms with van der Waals surface area (Å²) in [6, 6.07) is 3.55. The molecule has 1 aromatic carbocycles. The third-order valence-electron chi connectivity index (χ3n) is 1.97. The Balaban J connectivity index is 2.30. The summed E-state index contributed by atoms with van der Waals surface area (Å²) in [7, 11) is 0. The van der Waals surface area contributed by atoms with Crippen LogP contribution in [0.3, 0.4) is 0 Å². The maximum absolute atomic E-state index is 13.5. The monoisotopic (exact) mass is 228 g/mol. The van der Waals surface area contributed by atoms with E-state index in [9.17, 15) is 13.2 Å². The first-order chi connectivity index (χ1) is 7.66. The Bertz CT molecular complexity index is 471. The maximum Gasteiger partial charge on any atom is 0.387 e. The summed E-state index contributed by atoms with van der Waals surface area (Å²) in [6.45, 7) is -2.96. The van der Waals surface area contributed by atoms with Gasteiger partial charge >= 0.3 is 6.61 Å². The summed E-state index contributed by atoms with van der Waals surface area (Å²) >= 11 is 0. The van der Waals surface area contributed by atoms with Crippen molar-refractivity contribution in [2.45, 2.75) is 6.61 Å². The average Bonchev–Trinajstić information content (AvgIpc) is 2.69. The molecule has 0 saturated carbocycles. The van der Waals surface area contributed by atoms with E-state index in [1.54, 1.807) is 0 Å². The van der Waals surface area contributed by atoms with Gasteiger partial charge in [0.2, 0.25) is 0 Å². The van der Waals surface area contributed by atoms with Gasteiger partial charge in [-0.15, -0.1) is 0 Å². The van der Waals surface area contributed by atoms with Crippen molar-refractivity contribution in [1.29, 1.82) is 0 Å². The van der Waals surface area contributed by atoms with E-state index in [2.05, 4.69) is 14.9 Å². The van der Waals surface area contributed by atoms with Crippen molar-refractivity contribution >= 4 is 0 Å². The van der Waals surface area contributed by atoms with Crippen LogP contribution in [0.1, 0.15) is 0 Å². The Morgan fingerprint density at radius 2 is 2.12 bits per heavy atom. The van der Waals surface area contributed by atoms with Gasteiger partial charge < -0.3 is 4.74 Å². The minimum Gasteiger partial charge on any atom is -0.435 e. The molecule has 0 unspecified atom stereocenters. The number of hydrogen-bond donors (Lipinski definition) is 1. The van der Waals surface area contributed by atoms with Crippen molar-refractivity contribution < 1.29 is 17.9 Å². The van der Waals surface area contributed by atoms with Crippen molar-refractivity contribution in [1.82, 2.24) is 10.2 Å². The van der Waals surface area contributed by atoms with E-state index >= 15 is 0 Å². The summed E-state index contributed by atoms with van der Waals surface area (Å²) in [5.74, 6) is -0.848. The van der Waals surface area contributed by atoms with Crippen LogP contribution < -0.4 is 4.74 Å². The van der Waals surface area contributed by atoms with Gasteiger partial charge in [0.25, 0.3) is 0 Å². The molecule has 0 aliphatic rings. The predicted octanol–water partition coefficient (Wildman–Crippen LogP) is 2.82. The van der Waals surface area contributed by atoms with Crippen molar-refractivity contribution in [3.63, 3.8) is 0 Å². The number of hydrogen-bond acceptors (Lipinski definition) is 2. The number of rotatable bonds is 3. The van der Waals surface area contributed by atoms with Crippen LogP contribution in [0.5, 0.6) is 5.75 Å². The highest BCUT2D eigenvalue weighted by atomic mass is 19.3. The number of aromatic nitrogens is 2. The van der Waals surface area contributed by atoms with Gasteiger partial charge in [0.15, 0.2) is 0 Å². The highest BCUT2D eigenvalue weighted by molar-refractivity contribution is 5.63. The first-order valence-electron chi connectivity index (χ1n) is 4.40. The average molecular weight is 228 g/mol. The Morgan fingerprint density at radius 3 is 2.69 bits per heavy atom. The molecule has 0 atom stereocenters. The quantitative estimate of drug-likeness (QED) is 0.877. The van der Waals surface area contributed by atoms with E-state index in [0.29, 0.717) is 5.56 Å². The molecule has 1 heterocycles. The minimum atomic E-state index is -2.96. The third kappa shape index (κ3) is 2.16. The summed E-state index contributed by atoms with van der Waals surface area (Å²) in [6.07, 6.45) is 2.94. The largest absolute Gasteiger partial charge is 0.435 e. The van der Waals surface area contributed by atoms with E-state index in [1.165, 1.54) is 24.5 Å².